The van der Waals surface area contributed by atoms with Crippen LogP contribution in [-0.4, -0.2) is 6.18 Å². The minimum absolute atomic E-state index is 0.0240. The van der Waals surface area contributed by atoms with Gasteiger partial charge in [0.05, 0.1) is 5.41 Å². The van der Waals surface area contributed by atoms with E-state index in [0.717, 1.165) is 29.0 Å². The van der Waals surface area contributed by atoms with E-state index in [9.17, 15) is 13.2 Å². The smallest absolute Gasteiger partial charge is 0.171 e. The highest BCUT2D eigenvalue weighted by Crippen LogP contribution is 2.43. The number of rotatable bonds is 18. The van der Waals surface area contributed by atoms with Crippen LogP contribution in [0.25, 0.3) is 0 Å². The molecule has 0 N–H and O–H groups in total. The summed E-state index contributed by atoms with van der Waals surface area (Å²) in [5, 5.41) is 0. The standard InChI is InChI=1S/C18H27F3.C18H30.2C17H28.C16H26.C14H22/c1-11(2)15-8-14(9-16(12(3)4)13(15)5)10-17(6,7)18(19,20)21;1-12(2)16-9-15(11-18(6,7)8)10-17(13(3)4)14(16)5;1-11(2)15-9-14(17(6,7)8)10-16(12(3)4)13(15)5;1-11(2)8-15-9-16(12(3)4)14(7)17(10-15)13(5)6;1-10(2)14-8-15(11(3)4)13(7)16(9-14)12(5)6;1-9(2)13-7-11(5)8-14(10(3)4)12(13)6/h8-9,11-12H,10H2,1-7H3;9-10,12-13H,11H2,1-8H3;9-12H,1-8H3;9-13H,8H2,1-7H3;8-12H,1-7H3;7-10H,1-6H3. The Kier molecular flexibility index (Phi) is 38.2. The number of aryl methyl sites for hydroxylation is 1. The van der Waals surface area contributed by atoms with Crippen molar-refractivity contribution in [3.63, 3.8) is 0 Å². The van der Waals surface area contributed by atoms with Gasteiger partial charge < -0.3 is 0 Å². The molecule has 0 radical (unpaired) electrons. The molecule has 0 spiro atoms. The highest BCUT2D eigenvalue weighted by Gasteiger charge is 2.47. The molecule has 0 aliphatic rings. The minimum atomic E-state index is -4.19. The van der Waals surface area contributed by atoms with Gasteiger partial charge in [-0.05, 0) is 289 Å². The molecule has 0 heterocycles. The normalized spacial score (nSPS) is 12.3. The third-order valence-electron chi connectivity index (χ3n) is 21.1. The van der Waals surface area contributed by atoms with Crippen LogP contribution in [0, 0.1) is 65.2 Å². The first-order valence-corrected chi connectivity index (χ1v) is 40.6. The largest absolute Gasteiger partial charge is 0.394 e. The fourth-order valence-corrected chi connectivity index (χ4v) is 14.9. The molecular weight excluding hydrogens is 1260 g/mol. The molecule has 6 rings (SSSR count). The zero-order valence-electron chi connectivity index (χ0n) is 75.3. The van der Waals surface area contributed by atoms with Crippen molar-refractivity contribution < 1.29 is 13.2 Å². The fourth-order valence-electron chi connectivity index (χ4n) is 14.9. The van der Waals surface area contributed by atoms with Crippen molar-refractivity contribution in [3.05, 3.63) is 206 Å². The van der Waals surface area contributed by atoms with E-state index in [4.69, 9.17) is 0 Å². The van der Waals surface area contributed by atoms with Crippen LogP contribution in [0.4, 0.5) is 13.2 Å². The molecule has 3 heteroatoms. The van der Waals surface area contributed by atoms with E-state index in [-0.39, 0.29) is 11.8 Å². The second kappa shape index (κ2) is 40.9. The quantitative estimate of drug-likeness (QED) is 0.0805. The Labute approximate surface area is 638 Å². The predicted molar refractivity (Wildman–Crippen MR) is 459 cm³/mol. The van der Waals surface area contributed by atoms with Crippen LogP contribution in [-0.2, 0) is 24.7 Å². The Morgan fingerprint density at radius 1 is 0.252 bits per heavy atom. The summed E-state index contributed by atoms with van der Waals surface area (Å²) in [4.78, 5) is 0. The lowest BCUT2D eigenvalue weighted by molar-refractivity contribution is -0.211. The van der Waals surface area contributed by atoms with Gasteiger partial charge in [-0.25, -0.2) is 0 Å². The lowest BCUT2D eigenvalue weighted by Gasteiger charge is -2.29. The van der Waals surface area contributed by atoms with Crippen LogP contribution in [0.5, 0.6) is 0 Å². The summed E-state index contributed by atoms with van der Waals surface area (Å²) in [6, 6.07) is 27.9. The fraction of sp³-hybridized carbons (Fsp3) is 0.640. The van der Waals surface area contributed by atoms with E-state index in [2.05, 4.69) is 345 Å². The number of hydrogen-bond donors (Lipinski definition) is 0. The van der Waals surface area contributed by atoms with Gasteiger partial charge in [-0.2, -0.15) is 13.2 Å². The van der Waals surface area contributed by atoms with Gasteiger partial charge in [-0.3, -0.25) is 0 Å². The Balaban J connectivity index is 0.000000620. The van der Waals surface area contributed by atoms with E-state index < -0.39 is 11.6 Å². The lowest BCUT2D eigenvalue weighted by atomic mass is 9.80. The van der Waals surface area contributed by atoms with Crippen LogP contribution in [0.15, 0.2) is 72.8 Å². The first-order chi connectivity index (χ1) is 46.7. The predicted octanol–water partition coefficient (Wildman–Crippen LogP) is 33.1. The third kappa shape index (κ3) is 29.7. The molecule has 0 saturated heterocycles. The summed E-state index contributed by atoms with van der Waals surface area (Å²) in [6.45, 7) is 95.3. The average Bonchev–Trinajstić information content (AvgIpc) is 0.821. The molecule has 0 aromatic heterocycles. The number of alkyl halides is 3. The molecule has 0 aliphatic carbocycles. The van der Waals surface area contributed by atoms with Gasteiger partial charge in [0.2, 0.25) is 0 Å². The van der Waals surface area contributed by atoms with Crippen molar-refractivity contribution in [3.8, 4) is 0 Å². The first kappa shape index (κ1) is 96.1. The first-order valence-electron chi connectivity index (χ1n) is 40.6. The zero-order valence-corrected chi connectivity index (χ0v) is 75.3. The van der Waals surface area contributed by atoms with Crippen molar-refractivity contribution in [2.45, 2.75) is 406 Å². The molecule has 6 aromatic rings. The minimum Gasteiger partial charge on any atom is -0.171 e. The summed E-state index contributed by atoms with van der Waals surface area (Å²) in [5.41, 5.74) is 33.3. The second-order valence-corrected chi connectivity index (χ2v) is 38.5. The Hall–Kier alpha value is -4.89. The molecule has 6 aromatic carbocycles. The monoisotopic (exact) mass is 1420 g/mol. The maximum absolute atomic E-state index is 13.1. The Morgan fingerprint density at radius 3 is 0.650 bits per heavy atom. The van der Waals surface area contributed by atoms with E-state index in [1.807, 2.05) is 12.1 Å². The Bertz CT molecular complexity index is 3380. The zero-order chi connectivity index (χ0) is 80.5. The third-order valence-corrected chi connectivity index (χ3v) is 21.1. The molecule has 0 unspecified atom stereocenters. The molecule has 0 nitrogen and oxygen atoms in total. The van der Waals surface area contributed by atoms with E-state index >= 15 is 0 Å². The lowest BCUT2D eigenvalue weighted by Crippen LogP contribution is -2.34. The van der Waals surface area contributed by atoms with E-state index in [1.54, 1.807) is 0 Å². The summed E-state index contributed by atoms with van der Waals surface area (Å²) in [6.07, 6.45) is -1.81. The van der Waals surface area contributed by atoms with Crippen molar-refractivity contribution in [2.24, 2.45) is 16.7 Å². The van der Waals surface area contributed by atoms with Gasteiger partial charge in [0.15, 0.2) is 0 Å². The van der Waals surface area contributed by atoms with Crippen LogP contribution in [0.2, 0.25) is 0 Å². The summed E-state index contributed by atoms with van der Waals surface area (Å²) in [5.74, 6) is 8.18. The molecule has 0 aliphatic heterocycles. The van der Waals surface area contributed by atoms with E-state index in [1.165, 1.54) is 137 Å². The maximum atomic E-state index is 13.1. The molecule has 582 valence electrons. The highest BCUT2D eigenvalue weighted by atomic mass is 19.4. The van der Waals surface area contributed by atoms with Gasteiger partial charge in [-0.15, -0.1) is 0 Å². The molecule has 0 atom stereocenters. The van der Waals surface area contributed by atoms with Crippen molar-refractivity contribution in [1.29, 1.82) is 0 Å². The SMILES string of the molecule is Cc1c(C(C)C)cc(C(C)(C)C)cc1C(C)C.Cc1c(C(C)C)cc(C(C)C)cc1C(C)C.Cc1c(C(C)C)cc(CC(C)(C)C(F)(F)F)cc1C(C)C.Cc1c(C(C)C)cc(CC(C)(C)C)cc1C(C)C.Cc1c(C(C)C)cc(CC(C)C)cc1C(C)C.Cc1cc(C(C)C)c(C)c(C(C)C)c1. The average molecular weight is 1420 g/mol. The maximum Gasteiger partial charge on any atom is 0.394 e. The van der Waals surface area contributed by atoms with Gasteiger partial charge in [0.1, 0.15) is 0 Å². The second-order valence-electron chi connectivity index (χ2n) is 38.5. The van der Waals surface area contributed by atoms with Crippen LogP contribution in [0.1, 0.15) is 460 Å². The topological polar surface area (TPSA) is 0 Å². The summed E-state index contributed by atoms with van der Waals surface area (Å²) >= 11 is 0. The highest BCUT2D eigenvalue weighted by molar-refractivity contribution is 5.48. The number of benzene rings is 6. The summed E-state index contributed by atoms with van der Waals surface area (Å²) in [7, 11) is 0. The van der Waals surface area contributed by atoms with Gasteiger partial charge in [0, 0.05) is 0 Å². The molecule has 0 saturated carbocycles. The van der Waals surface area contributed by atoms with Crippen molar-refractivity contribution in [2.75, 3.05) is 0 Å². The molecule has 0 bridgehead atoms. The van der Waals surface area contributed by atoms with Crippen molar-refractivity contribution >= 4 is 0 Å². The van der Waals surface area contributed by atoms with E-state index in [0.29, 0.717) is 82.3 Å². The molecule has 0 amide bonds. The summed E-state index contributed by atoms with van der Waals surface area (Å²) < 4.78 is 39.3. The molecule has 103 heavy (non-hydrogen) atoms. The van der Waals surface area contributed by atoms with Gasteiger partial charge >= 0.3 is 6.18 Å². The van der Waals surface area contributed by atoms with Crippen LogP contribution in [0.3, 0.4) is 0 Å². The molecular formula is C100H161F3. The number of halogens is 3. The molecule has 0 fully saturated rings. The van der Waals surface area contributed by atoms with Crippen LogP contribution >= 0.6 is 0 Å². The van der Waals surface area contributed by atoms with Gasteiger partial charge in [0.25, 0.3) is 0 Å². The Morgan fingerprint density at radius 2 is 0.456 bits per heavy atom. The number of hydrogen-bond acceptors (Lipinski definition) is 0. The van der Waals surface area contributed by atoms with Gasteiger partial charge in [-0.1, -0.05) is 328 Å². The van der Waals surface area contributed by atoms with Crippen molar-refractivity contribution in [1.82, 2.24) is 0 Å². The van der Waals surface area contributed by atoms with Crippen LogP contribution < -0.4 is 0 Å².